The second-order valence-corrected chi connectivity index (χ2v) is 5.70. The van der Waals surface area contributed by atoms with E-state index in [1.807, 2.05) is 0 Å². The van der Waals surface area contributed by atoms with Crippen molar-refractivity contribution in [1.82, 2.24) is 19.2 Å². The Balaban J connectivity index is 2.30. The number of hydrogen-bond donors (Lipinski definition) is 2. The lowest BCUT2D eigenvalue weighted by Gasteiger charge is -2.16. The van der Waals surface area contributed by atoms with Crippen molar-refractivity contribution >= 4 is 23.2 Å². The van der Waals surface area contributed by atoms with E-state index in [1.54, 1.807) is 13.1 Å². The predicted octanol–water partition coefficient (Wildman–Crippen LogP) is 1.39. The molecule has 124 valence electrons. The average molecular weight is 349 g/mol. The maximum Gasteiger partial charge on any atom is 0.304 e. The molecule has 24 heavy (non-hydrogen) atoms. The largest absolute Gasteiger partial charge is 0.493 e. The van der Waals surface area contributed by atoms with Crippen LogP contribution in [0, 0.1) is 0 Å². The highest BCUT2D eigenvalue weighted by atomic mass is 35.5. The highest BCUT2D eigenvalue weighted by Crippen LogP contribution is 2.30. The van der Waals surface area contributed by atoms with Gasteiger partial charge >= 0.3 is 5.97 Å². The molecule has 3 aromatic heterocycles. The van der Waals surface area contributed by atoms with E-state index in [0.29, 0.717) is 10.7 Å². The van der Waals surface area contributed by atoms with Gasteiger partial charge in [0.05, 0.1) is 17.0 Å². The molecule has 1 atom stereocenters. The molecule has 0 aliphatic rings. The van der Waals surface area contributed by atoms with Crippen molar-refractivity contribution in [3.8, 4) is 5.88 Å². The molecule has 0 aliphatic heterocycles. The lowest BCUT2D eigenvalue weighted by atomic mass is 9.93. The van der Waals surface area contributed by atoms with Crippen LogP contribution in [0.2, 0.25) is 5.02 Å². The van der Waals surface area contributed by atoms with Gasteiger partial charge in [-0.1, -0.05) is 11.6 Å². The Bertz CT molecular complexity index is 995. The fraction of sp³-hybridized carbons (Fsp3) is 0.200. The normalized spacial score (nSPS) is 12.4. The molecule has 2 N–H and O–H groups in total. The SMILES string of the molecule is Cn1nccc1[C@@H](CC(=O)O)c1c(O)nc2ccc(Cl)cn2c1=O. The Morgan fingerprint density at radius 1 is 1.38 bits per heavy atom. The third-order valence-electron chi connectivity index (χ3n) is 3.74. The molecule has 0 aromatic carbocycles. The van der Waals surface area contributed by atoms with Crippen LogP contribution in [0.15, 0.2) is 35.4 Å². The van der Waals surface area contributed by atoms with Crippen LogP contribution in [-0.4, -0.2) is 35.3 Å². The van der Waals surface area contributed by atoms with Crippen LogP contribution in [0.5, 0.6) is 5.88 Å². The molecule has 0 fully saturated rings. The molecular formula is C15H13ClN4O4. The molecule has 0 amide bonds. The number of halogens is 1. The second-order valence-electron chi connectivity index (χ2n) is 5.26. The van der Waals surface area contributed by atoms with Crippen LogP contribution in [-0.2, 0) is 11.8 Å². The van der Waals surface area contributed by atoms with E-state index in [4.69, 9.17) is 11.6 Å². The van der Waals surface area contributed by atoms with Gasteiger partial charge in [-0.15, -0.1) is 0 Å². The summed E-state index contributed by atoms with van der Waals surface area (Å²) in [5.74, 6) is -2.52. The van der Waals surface area contributed by atoms with Crippen molar-refractivity contribution in [2.24, 2.45) is 7.05 Å². The summed E-state index contributed by atoms with van der Waals surface area (Å²) < 4.78 is 2.64. The van der Waals surface area contributed by atoms with E-state index in [0.717, 1.165) is 0 Å². The van der Waals surface area contributed by atoms with Gasteiger partial charge in [0.15, 0.2) is 0 Å². The first-order chi connectivity index (χ1) is 11.4. The van der Waals surface area contributed by atoms with Gasteiger partial charge < -0.3 is 10.2 Å². The molecule has 0 bridgehead atoms. The van der Waals surface area contributed by atoms with Crippen molar-refractivity contribution < 1.29 is 15.0 Å². The Labute approximate surface area is 140 Å². The quantitative estimate of drug-likeness (QED) is 0.737. The minimum absolute atomic E-state index is 0.110. The molecule has 0 unspecified atom stereocenters. The third-order valence-corrected chi connectivity index (χ3v) is 3.97. The predicted molar refractivity (Wildman–Crippen MR) is 85.4 cm³/mol. The fourth-order valence-electron chi connectivity index (χ4n) is 2.67. The van der Waals surface area contributed by atoms with Crippen molar-refractivity contribution in [3.05, 3.63) is 57.2 Å². The van der Waals surface area contributed by atoms with Gasteiger partial charge in [-0.05, 0) is 18.2 Å². The zero-order chi connectivity index (χ0) is 17.4. The molecule has 9 heteroatoms. The van der Waals surface area contributed by atoms with Crippen LogP contribution in [0.3, 0.4) is 0 Å². The molecule has 0 aliphatic carbocycles. The molecule has 3 rings (SSSR count). The first kappa shape index (κ1) is 16.0. The van der Waals surface area contributed by atoms with E-state index >= 15 is 0 Å². The molecular weight excluding hydrogens is 336 g/mol. The number of carboxylic acid groups (broad SMARTS) is 1. The van der Waals surface area contributed by atoms with Gasteiger partial charge in [-0.25, -0.2) is 0 Å². The van der Waals surface area contributed by atoms with Gasteiger partial charge in [-0.2, -0.15) is 10.1 Å². The first-order valence-corrected chi connectivity index (χ1v) is 7.36. The van der Waals surface area contributed by atoms with Crippen LogP contribution in [0.4, 0.5) is 0 Å². The zero-order valence-electron chi connectivity index (χ0n) is 12.5. The molecule has 3 heterocycles. The fourth-order valence-corrected chi connectivity index (χ4v) is 2.84. The number of aryl methyl sites for hydroxylation is 1. The van der Waals surface area contributed by atoms with Crippen molar-refractivity contribution in [2.75, 3.05) is 0 Å². The lowest BCUT2D eigenvalue weighted by molar-refractivity contribution is -0.137. The summed E-state index contributed by atoms with van der Waals surface area (Å²) >= 11 is 5.91. The monoisotopic (exact) mass is 348 g/mol. The summed E-state index contributed by atoms with van der Waals surface area (Å²) in [5, 5.41) is 23.8. The van der Waals surface area contributed by atoms with E-state index in [2.05, 4.69) is 10.1 Å². The first-order valence-electron chi connectivity index (χ1n) is 6.99. The van der Waals surface area contributed by atoms with Gasteiger partial charge in [0, 0.05) is 31.1 Å². The van der Waals surface area contributed by atoms with Crippen LogP contribution in [0.1, 0.15) is 23.6 Å². The standard InChI is InChI=1S/C15H13ClN4O4/c1-19-10(4-5-17-19)9(6-12(21)22)13-14(23)18-11-3-2-8(16)7-20(11)15(13)24/h2-5,7,9,23H,6H2,1H3,(H,21,22)/t9-/m1/s1. The summed E-state index contributed by atoms with van der Waals surface area (Å²) in [6.45, 7) is 0. The number of aromatic hydroxyl groups is 1. The summed E-state index contributed by atoms with van der Waals surface area (Å²) in [6, 6.07) is 4.63. The molecule has 0 spiro atoms. The summed E-state index contributed by atoms with van der Waals surface area (Å²) in [5.41, 5.74) is 0.00604. The number of fused-ring (bicyclic) bond motifs is 1. The number of pyridine rings is 1. The van der Waals surface area contributed by atoms with E-state index in [9.17, 15) is 19.8 Å². The lowest BCUT2D eigenvalue weighted by Crippen LogP contribution is -2.25. The Kier molecular flexibility index (Phi) is 3.98. The average Bonchev–Trinajstić information content (AvgIpc) is 2.93. The van der Waals surface area contributed by atoms with Gasteiger partial charge in [0.2, 0.25) is 5.88 Å². The maximum absolute atomic E-state index is 12.8. The number of nitrogens with zero attached hydrogens (tertiary/aromatic N) is 4. The van der Waals surface area contributed by atoms with Crippen molar-refractivity contribution in [3.63, 3.8) is 0 Å². The minimum Gasteiger partial charge on any atom is -0.493 e. The number of aliphatic carboxylic acids is 1. The second kappa shape index (κ2) is 5.97. The molecule has 3 aromatic rings. The summed E-state index contributed by atoms with van der Waals surface area (Å²) in [6.07, 6.45) is 2.47. The molecule has 0 saturated heterocycles. The number of hydrogen-bond acceptors (Lipinski definition) is 5. The highest BCUT2D eigenvalue weighted by molar-refractivity contribution is 6.30. The van der Waals surface area contributed by atoms with Crippen molar-refractivity contribution in [1.29, 1.82) is 0 Å². The van der Waals surface area contributed by atoms with Gasteiger partial charge in [0.25, 0.3) is 5.56 Å². The highest BCUT2D eigenvalue weighted by Gasteiger charge is 2.28. The number of carbonyl (C=O) groups is 1. The number of rotatable bonds is 4. The Morgan fingerprint density at radius 2 is 2.12 bits per heavy atom. The minimum atomic E-state index is -1.11. The molecule has 8 nitrogen and oxygen atoms in total. The van der Waals surface area contributed by atoms with Crippen LogP contribution >= 0.6 is 11.6 Å². The Morgan fingerprint density at radius 3 is 2.75 bits per heavy atom. The molecule has 0 radical (unpaired) electrons. The zero-order valence-corrected chi connectivity index (χ0v) is 13.3. The van der Waals surface area contributed by atoms with Crippen LogP contribution < -0.4 is 5.56 Å². The smallest absolute Gasteiger partial charge is 0.304 e. The van der Waals surface area contributed by atoms with E-state index in [1.165, 1.54) is 33.6 Å². The maximum atomic E-state index is 12.8. The topological polar surface area (TPSA) is 110 Å². The summed E-state index contributed by atoms with van der Waals surface area (Å²) in [7, 11) is 1.63. The Hall–Kier alpha value is -2.87. The van der Waals surface area contributed by atoms with Gasteiger partial charge in [-0.3, -0.25) is 18.7 Å². The van der Waals surface area contributed by atoms with Crippen molar-refractivity contribution in [2.45, 2.75) is 12.3 Å². The molecule has 0 saturated carbocycles. The summed E-state index contributed by atoms with van der Waals surface area (Å²) in [4.78, 5) is 28.1. The third kappa shape index (κ3) is 2.71. The van der Waals surface area contributed by atoms with Crippen LogP contribution in [0.25, 0.3) is 5.65 Å². The number of carboxylic acids is 1. The van der Waals surface area contributed by atoms with E-state index in [-0.39, 0.29) is 11.2 Å². The van der Waals surface area contributed by atoms with E-state index < -0.39 is 29.7 Å². The number of aromatic nitrogens is 4. The van der Waals surface area contributed by atoms with Gasteiger partial charge in [0.1, 0.15) is 5.65 Å².